The lowest BCUT2D eigenvalue weighted by Gasteiger charge is -2.02. The third-order valence-electron chi connectivity index (χ3n) is 2.79. The number of rotatable bonds is 9. The highest BCUT2D eigenvalue weighted by atomic mass is 14.8. The molecule has 1 radical (unpaired) electrons. The van der Waals surface area contributed by atoms with Crippen LogP contribution in [0.3, 0.4) is 0 Å². The zero-order valence-electron chi connectivity index (χ0n) is 10.5. The summed E-state index contributed by atoms with van der Waals surface area (Å²) in [4.78, 5) is 0. The van der Waals surface area contributed by atoms with Crippen molar-refractivity contribution in [1.82, 2.24) is 5.32 Å². The summed E-state index contributed by atoms with van der Waals surface area (Å²) in [5.41, 5.74) is 1.43. The first-order valence-electron chi connectivity index (χ1n) is 6.60. The maximum atomic E-state index is 4.56. The highest BCUT2D eigenvalue weighted by Crippen LogP contribution is 2.02. The fourth-order valence-electron chi connectivity index (χ4n) is 1.80. The van der Waals surface area contributed by atoms with E-state index in [0.29, 0.717) is 0 Å². The van der Waals surface area contributed by atoms with Gasteiger partial charge in [0.15, 0.2) is 0 Å². The molecule has 0 amide bonds. The van der Waals surface area contributed by atoms with Gasteiger partial charge < -0.3 is 0 Å². The van der Waals surface area contributed by atoms with Gasteiger partial charge in [0.1, 0.15) is 0 Å². The summed E-state index contributed by atoms with van der Waals surface area (Å²) in [6.07, 6.45) is 7.66. The largest absolute Gasteiger partial charge is 0.242 e. The molecule has 0 saturated carbocycles. The Hall–Kier alpha value is -0.820. The molecule has 16 heavy (non-hydrogen) atoms. The van der Waals surface area contributed by atoms with Crippen LogP contribution in [0.25, 0.3) is 0 Å². The summed E-state index contributed by atoms with van der Waals surface area (Å²) in [5.74, 6) is 0. The van der Waals surface area contributed by atoms with Gasteiger partial charge in [0.05, 0.1) is 0 Å². The van der Waals surface area contributed by atoms with E-state index in [1.807, 2.05) is 0 Å². The van der Waals surface area contributed by atoms with Crippen LogP contribution in [0.15, 0.2) is 30.3 Å². The number of hydrogen-bond acceptors (Lipinski definition) is 0. The molecule has 0 heterocycles. The van der Waals surface area contributed by atoms with Gasteiger partial charge in [0, 0.05) is 13.1 Å². The number of aryl methyl sites for hydroxylation is 1. The molecule has 0 aliphatic heterocycles. The maximum absolute atomic E-state index is 4.56. The number of hydrogen-bond donors (Lipinski definition) is 0. The van der Waals surface area contributed by atoms with Crippen molar-refractivity contribution in [2.24, 2.45) is 0 Å². The van der Waals surface area contributed by atoms with Crippen LogP contribution >= 0.6 is 0 Å². The Morgan fingerprint density at radius 2 is 1.62 bits per heavy atom. The van der Waals surface area contributed by atoms with E-state index < -0.39 is 0 Å². The molecule has 1 rings (SSSR count). The predicted molar refractivity (Wildman–Crippen MR) is 70.8 cm³/mol. The van der Waals surface area contributed by atoms with Gasteiger partial charge >= 0.3 is 0 Å². The zero-order valence-corrected chi connectivity index (χ0v) is 10.5. The Labute approximate surface area is 100 Å². The summed E-state index contributed by atoms with van der Waals surface area (Å²) in [5, 5.41) is 4.56. The maximum Gasteiger partial charge on any atom is 0.0136 e. The molecule has 1 aromatic rings. The molecule has 1 nitrogen and oxygen atoms in total. The van der Waals surface area contributed by atoms with E-state index in [0.717, 1.165) is 13.1 Å². The summed E-state index contributed by atoms with van der Waals surface area (Å²) in [6.45, 7) is 4.34. The number of unbranched alkanes of at least 4 members (excludes halogenated alkanes) is 3. The molecule has 0 aromatic heterocycles. The molecule has 0 aliphatic carbocycles. The summed E-state index contributed by atoms with van der Waals surface area (Å²) in [7, 11) is 0. The van der Waals surface area contributed by atoms with Gasteiger partial charge in [-0.05, 0) is 24.8 Å². The van der Waals surface area contributed by atoms with E-state index in [4.69, 9.17) is 0 Å². The molecule has 0 spiro atoms. The second-order valence-corrected chi connectivity index (χ2v) is 4.32. The standard InChI is InChI=1S/C15H24N/c1-2-3-4-8-13-16-14-9-12-15-10-6-5-7-11-15/h5-7,10-11H,2-4,8-9,12-14H2,1H3. The first-order chi connectivity index (χ1) is 7.93. The minimum atomic E-state index is 1.03. The molecule has 89 valence electrons. The monoisotopic (exact) mass is 218 g/mol. The lowest BCUT2D eigenvalue weighted by atomic mass is 10.1. The van der Waals surface area contributed by atoms with Crippen LogP contribution in [0.1, 0.15) is 44.6 Å². The van der Waals surface area contributed by atoms with E-state index in [2.05, 4.69) is 42.6 Å². The Bertz CT molecular complexity index is 243. The zero-order chi connectivity index (χ0) is 11.5. The van der Waals surface area contributed by atoms with Crippen molar-refractivity contribution in [2.75, 3.05) is 13.1 Å². The second kappa shape index (κ2) is 9.41. The van der Waals surface area contributed by atoms with Crippen LogP contribution in [0.4, 0.5) is 0 Å². The number of benzene rings is 1. The van der Waals surface area contributed by atoms with Gasteiger partial charge in [-0.1, -0.05) is 56.5 Å². The summed E-state index contributed by atoms with van der Waals surface area (Å²) < 4.78 is 0. The molecule has 1 aromatic carbocycles. The van der Waals surface area contributed by atoms with Gasteiger partial charge in [0.25, 0.3) is 0 Å². The van der Waals surface area contributed by atoms with Gasteiger partial charge in [-0.15, -0.1) is 0 Å². The quantitative estimate of drug-likeness (QED) is 0.560. The van der Waals surface area contributed by atoms with Crippen molar-refractivity contribution in [3.05, 3.63) is 35.9 Å². The van der Waals surface area contributed by atoms with Crippen LogP contribution in [0.5, 0.6) is 0 Å². The Balaban J connectivity index is 1.89. The third kappa shape index (κ3) is 6.62. The molecular weight excluding hydrogens is 194 g/mol. The molecular formula is C15H24N. The van der Waals surface area contributed by atoms with E-state index in [-0.39, 0.29) is 0 Å². The van der Waals surface area contributed by atoms with Crippen LogP contribution < -0.4 is 5.32 Å². The fourth-order valence-corrected chi connectivity index (χ4v) is 1.80. The second-order valence-electron chi connectivity index (χ2n) is 4.32. The first kappa shape index (κ1) is 13.2. The van der Waals surface area contributed by atoms with Crippen LogP contribution in [-0.2, 0) is 6.42 Å². The van der Waals surface area contributed by atoms with Crippen molar-refractivity contribution in [2.45, 2.75) is 45.4 Å². The van der Waals surface area contributed by atoms with Gasteiger partial charge in [-0.25, -0.2) is 5.32 Å². The Kier molecular flexibility index (Phi) is 7.79. The van der Waals surface area contributed by atoms with Crippen molar-refractivity contribution < 1.29 is 0 Å². The molecule has 0 saturated heterocycles. The smallest absolute Gasteiger partial charge is 0.0136 e. The van der Waals surface area contributed by atoms with E-state index in [9.17, 15) is 0 Å². The van der Waals surface area contributed by atoms with Gasteiger partial charge in [0.2, 0.25) is 0 Å². The molecule has 0 aliphatic rings. The molecule has 0 fully saturated rings. The lowest BCUT2D eigenvalue weighted by molar-refractivity contribution is 0.577. The topological polar surface area (TPSA) is 14.1 Å². The highest BCUT2D eigenvalue weighted by Gasteiger charge is 1.93. The van der Waals surface area contributed by atoms with Crippen LogP contribution in [-0.4, -0.2) is 13.1 Å². The first-order valence-corrected chi connectivity index (χ1v) is 6.60. The average Bonchev–Trinajstić information content (AvgIpc) is 2.34. The van der Waals surface area contributed by atoms with Gasteiger partial charge in [-0.3, -0.25) is 0 Å². The van der Waals surface area contributed by atoms with E-state index in [1.54, 1.807) is 0 Å². The van der Waals surface area contributed by atoms with E-state index >= 15 is 0 Å². The summed E-state index contributed by atoms with van der Waals surface area (Å²) in [6, 6.07) is 10.7. The molecule has 0 atom stereocenters. The van der Waals surface area contributed by atoms with Crippen molar-refractivity contribution >= 4 is 0 Å². The van der Waals surface area contributed by atoms with E-state index in [1.165, 1.54) is 44.1 Å². The summed E-state index contributed by atoms with van der Waals surface area (Å²) >= 11 is 0. The molecule has 1 heteroatoms. The molecule has 0 unspecified atom stereocenters. The van der Waals surface area contributed by atoms with Gasteiger partial charge in [-0.2, -0.15) is 0 Å². The van der Waals surface area contributed by atoms with Crippen molar-refractivity contribution in [3.63, 3.8) is 0 Å². The Morgan fingerprint density at radius 3 is 2.38 bits per heavy atom. The number of nitrogens with zero attached hydrogens (tertiary/aromatic N) is 1. The Morgan fingerprint density at radius 1 is 0.875 bits per heavy atom. The SMILES string of the molecule is CCCCCC[N]CCCc1ccccc1. The predicted octanol–water partition coefficient (Wildman–Crippen LogP) is 3.80. The highest BCUT2D eigenvalue weighted by molar-refractivity contribution is 5.14. The van der Waals surface area contributed by atoms with Crippen LogP contribution in [0, 0.1) is 0 Å². The normalized spacial score (nSPS) is 10.6. The van der Waals surface area contributed by atoms with Crippen LogP contribution in [0.2, 0.25) is 0 Å². The molecule has 0 N–H and O–H groups in total. The average molecular weight is 218 g/mol. The minimum Gasteiger partial charge on any atom is -0.242 e. The fraction of sp³-hybridized carbons (Fsp3) is 0.600. The van der Waals surface area contributed by atoms with Crippen molar-refractivity contribution in [3.8, 4) is 0 Å². The third-order valence-corrected chi connectivity index (χ3v) is 2.79. The lowest BCUT2D eigenvalue weighted by Crippen LogP contribution is -2.09. The minimum absolute atomic E-state index is 1.03. The molecule has 0 bridgehead atoms. The van der Waals surface area contributed by atoms with Crippen molar-refractivity contribution in [1.29, 1.82) is 0 Å².